The number of alkyl halides is 3. The van der Waals surface area contributed by atoms with Crippen LogP contribution in [0.1, 0.15) is 16.7 Å². The summed E-state index contributed by atoms with van der Waals surface area (Å²) in [4.78, 5) is 4.21. The molecule has 0 amide bonds. The smallest absolute Gasteiger partial charge is 0.398 e. The molecule has 0 aliphatic rings. The Hall–Kier alpha value is -3.94. The van der Waals surface area contributed by atoms with Gasteiger partial charge in [-0.3, -0.25) is 4.40 Å². The highest BCUT2D eigenvalue weighted by atomic mass is 19.4. The van der Waals surface area contributed by atoms with Gasteiger partial charge in [0.25, 0.3) is 0 Å². The Labute approximate surface area is 174 Å². The molecule has 4 rings (SSSR count). The van der Waals surface area contributed by atoms with Crippen molar-refractivity contribution in [2.75, 3.05) is 0 Å². The second kappa shape index (κ2) is 7.71. The molecular formula is C23H16F4N4. The molecule has 3 N–H and O–H groups in total. The number of rotatable bonds is 4. The molecule has 4 aromatic rings. The Balaban J connectivity index is 1.89. The molecule has 31 heavy (non-hydrogen) atoms. The van der Waals surface area contributed by atoms with Crippen molar-refractivity contribution in [2.24, 2.45) is 5.73 Å². The van der Waals surface area contributed by atoms with E-state index in [0.717, 1.165) is 12.3 Å². The van der Waals surface area contributed by atoms with Gasteiger partial charge in [0.1, 0.15) is 11.5 Å². The molecule has 0 radical (unpaired) electrons. The molecule has 0 atom stereocenters. The fourth-order valence-corrected chi connectivity index (χ4v) is 3.39. The molecule has 0 aliphatic carbocycles. The summed E-state index contributed by atoms with van der Waals surface area (Å²) in [5.74, 6) is -0.416. The summed E-state index contributed by atoms with van der Waals surface area (Å²) in [5.41, 5.74) is 7.76. The first-order valence-corrected chi connectivity index (χ1v) is 9.20. The Kier molecular flexibility index (Phi) is 5.06. The summed E-state index contributed by atoms with van der Waals surface area (Å²) >= 11 is 0. The van der Waals surface area contributed by atoms with Crippen molar-refractivity contribution in [3.05, 3.63) is 95.6 Å². The van der Waals surface area contributed by atoms with Crippen LogP contribution < -0.4 is 5.73 Å². The van der Waals surface area contributed by atoms with Gasteiger partial charge < -0.3 is 11.1 Å². The van der Waals surface area contributed by atoms with Crippen molar-refractivity contribution in [1.29, 1.82) is 5.41 Å². The third kappa shape index (κ3) is 3.79. The van der Waals surface area contributed by atoms with E-state index in [1.165, 1.54) is 53.1 Å². The number of nitrogens with two attached hydrogens (primary N) is 1. The maximum absolute atomic E-state index is 13.5. The maximum atomic E-state index is 13.5. The predicted molar refractivity (Wildman–Crippen MR) is 112 cm³/mol. The van der Waals surface area contributed by atoms with E-state index in [-0.39, 0.29) is 17.0 Å². The minimum absolute atomic E-state index is 0.00783. The van der Waals surface area contributed by atoms with Gasteiger partial charge in [-0.25, -0.2) is 9.37 Å². The summed E-state index contributed by atoms with van der Waals surface area (Å²) in [6.45, 7) is 0. The Morgan fingerprint density at radius 2 is 1.65 bits per heavy atom. The third-order valence-corrected chi connectivity index (χ3v) is 4.91. The van der Waals surface area contributed by atoms with Crippen molar-refractivity contribution in [2.45, 2.75) is 6.18 Å². The average Bonchev–Trinajstić information content (AvgIpc) is 3.17. The topological polar surface area (TPSA) is 67.2 Å². The monoisotopic (exact) mass is 424 g/mol. The van der Waals surface area contributed by atoms with Crippen molar-refractivity contribution in [3.8, 4) is 11.3 Å². The van der Waals surface area contributed by atoms with Crippen LogP contribution in [0.4, 0.5) is 17.6 Å². The van der Waals surface area contributed by atoms with Gasteiger partial charge in [0.2, 0.25) is 0 Å². The lowest BCUT2D eigenvalue weighted by atomic mass is 10.0. The zero-order valence-corrected chi connectivity index (χ0v) is 16.0. The molecule has 4 nitrogen and oxygen atoms in total. The predicted octanol–water partition coefficient (Wildman–Crippen LogP) is 5.64. The number of aromatic nitrogens is 2. The summed E-state index contributed by atoms with van der Waals surface area (Å²) in [6, 6.07) is 14.1. The van der Waals surface area contributed by atoms with Crippen molar-refractivity contribution < 1.29 is 17.6 Å². The molecule has 0 bridgehead atoms. The van der Waals surface area contributed by atoms with Gasteiger partial charge in [-0.2, -0.15) is 13.2 Å². The number of fused-ring (bicyclic) bond motifs is 1. The summed E-state index contributed by atoms with van der Waals surface area (Å²) < 4.78 is 55.3. The van der Waals surface area contributed by atoms with Crippen LogP contribution in [0.5, 0.6) is 0 Å². The third-order valence-electron chi connectivity index (χ3n) is 4.91. The van der Waals surface area contributed by atoms with E-state index >= 15 is 0 Å². The second-order valence-corrected chi connectivity index (χ2v) is 6.81. The zero-order chi connectivity index (χ0) is 22.2. The van der Waals surface area contributed by atoms with Crippen LogP contribution in [0.3, 0.4) is 0 Å². The lowest BCUT2D eigenvalue weighted by molar-refractivity contribution is -0.137. The molecule has 0 fully saturated rings. The number of halogens is 4. The van der Waals surface area contributed by atoms with E-state index in [1.807, 2.05) is 0 Å². The van der Waals surface area contributed by atoms with Gasteiger partial charge in [0.15, 0.2) is 0 Å². The number of allylic oxidation sites excluding steroid dienone is 1. The average molecular weight is 424 g/mol. The number of nitrogens with zero attached hydrogens (tertiary/aromatic N) is 2. The van der Waals surface area contributed by atoms with E-state index in [2.05, 4.69) is 4.98 Å². The summed E-state index contributed by atoms with van der Waals surface area (Å²) in [7, 11) is 0. The number of pyridine rings is 1. The van der Waals surface area contributed by atoms with Gasteiger partial charge >= 0.3 is 6.18 Å². The lowest BCUT2D eigenvalue weighted by Crippen LogP contribution is -2.07. The number of nitrogens with one attached hydrogen (secondary N) is 1. The number of hydrogen-bond donors (Lipinski definition) is 2. The zero-order valence-electron chi connectivity index (χ0n) is 16.0. The second-order valence-electron chi connectivity index (χ2n) is 6.81. The van der Waals surface area contributed by atoms with E-state index in [4.69, 9.17) is 11.1 Å². The number of benzene rings is 2. The fraction of sp³-hybridized carbons (Fsp3) is 0.0435. The minimum Gasteiger partial charge on any atom is -0.398 e. The van der Waals surface area contributed by atoms with Gasteiger partial charge in [-0.1, -0.05) is 18.2 Å². The highest BCUT2D eigenvalue weighted by Crippen LogP contribution is 2.37. The first kappa shape index (κ1) is 20.3. The van der Waals surface area contributed by atoms with Crippen LogP contribution in [0.25, 0.3) is 28.2 Å². The maximum Gasteiger partial charge on any atom is 0.417 e. The summed E-state index contributed by atoms with van der Waals surface area (Å²) in [5, 5.41) is 7.81. The molecule has 0 saturated heterocycles. The molecular weight excluding hydrogens is 408 g/mol. The SMILES string of the molecule is N=CC(=C(N)c1ccc(F)cc1)c1ccc2ncc(-c3ccccc3C(F)(F)F)n2c1. The molecule has 2 aromatic heterocycles. The van der Waals surface area contributed by atoms with Gasteiger partial charge in [-0.05, 0) is 48.0 Å². The normalized spacial score (nSPS) is 12.6. The fourth-order valence-electron chi connectivity index (χ4n) is 3.39. The largest absolute Gasteiger partial charge is 0.417 e. The first-order valence-electron chi connectivity index (χ1n) is 9.20. The van der Waals surface area contributed by atoms with Gasteiger partial charge in [0.05, 0.1) is 17.5 Å². The van der Waals surface area contributed by atoms with Crippen molar-refractivity contribution in [3.63, 3.8) is 0 Å². The molecule has 0 spiro atoms. The molecule has 156 valence electrons. The van der Waals surface area contributed by atoms with Crippen molar-refractivity contribution in [1.82, 2.24) is 9.38 Å². The van der Waals surface area contributed by atoms with E-state index in [0.29, 0.717) is 22.3 Å². The molecule has 0 saturated carbocycles. The Morgan fingerprint density at radius 1 is 0.968 bits per heavy atom. The van der Waals surface area contributed by atoms with Crippen LogP contribution in [-0.4, -0.2) is 15.6 Å². The molecule has 2 heterocycles. The Bertz CT molecular complexity index is 1300. The molecule has 8 heteroatoms. The Morgan fingerprint density at radius 3 is 2.32 bits per heavy atom. The van der Waals surface area contributed by atoms with E-state index in [9.17, 15) is 17.6 Å². The van der Waals surface area contributed by atoms with Crippen LogP contribution in [-0.2, 0) is 6.18 Å². The van der Waals surface area contributed by atoms with Crippen molar-refractivity contribution >= 4 is 23.1 Å². The molecule has 2 aromatic carbocycles. The van der Waals surface area contributed by atoms with Crippen LogP contribution >= 0.6 is 0 Å². The summed E-state index contributed by atoms with van der Waals surface area (Å²) in [6.07, 6.45) is -0.506. The van der Waals surface area contributed by atoms with Crippen LogP contribution in [0.2, 0.25) is 0 Å². The van der Waals surface area contributed by atoms with Gasteiger partial charge in [0, 0.05) is 34.8 Å². The van der Waals surface area contributed by atoms with Gasteiger partial charge in [-0.15, -0.1) is 0 Å². The van der Waals surface area contributed by atoms with E-state index in [1.54, 1.807) is 18.3 Å². The highest BCUT2D eigenvalue weighted by Gasteiger charge is 2.34. The number of imidazole rings is 1. The minimum atomic E-state index is -4.52. The standard InChI is InChI=1S/C23H16F4N4/c24-16-8-5-14(6-9-16)22(29)18(11-28)15-7-10-21-30-12-20(31(21)13-15)17-3-1-2-4-19(17)23(25,26)27/h1-13,28H,29H2. The van der Waals surface area contributed by atoms with Crippen LogP contribution in [0.15, 0.2) is 73.1 Å². The highest BCUT2D eigenvalue weighted by molar-refractivity contribution is 6.17. The lowest BCUT2D eigenvalue weighted by Gasteiger charge is -2.13. The first-order chi connectivity index (χ1) is 14.8. The molecule has 0 unspecified atom stereocenters. The van der Waals surface area contributed by atoms with Crippen LogP contribution in [0, 0.1) is 11.2 Å². The quantitative estimate of drug-likeness (QED) is 0.329. The molecule has 0 aliphatic heterocycles. The van der Waals surface area contributed by atoms with E-state index < -0.39 is 17.6 Å². The number of hydrogen-bond acceptors (Lipinski definition) is 3.